The molecule has 1 amide bonds. The van der Waals surface area contributed by atoms with E-state index in [9.17, 15) is 14.7 Å². The van der Waals surface area contributed by atoms with Crippen LogP contribution in [0.2, 0.25) is 0 Å². The number of carboxylic acids is 1. The van der Waals surface area contributed by atoms with Crippen LogP contribution in [0.25, 0.3) is 0 Å². The lowest BCUT2D eigenvalue weighted by Gasteiger charge is -2.19. The van der Waals surface area contributed by atoms with Crippen LogP contribution in [0.3, 0.4) is 0 Å². The molecule has 0 radical (unpaired) electrons. The zero-order chi connectivity index (χ0) is 12.6. The van der Waals surface area contributed by atoms with Gasteiger partial charge < -0.3 is 10.4 Å². The molecular weight excluding hydrogens is 218 g/mol. The molecule has 2 aliphatic carbocycles. The van der Waals surface area contributed by atoms with Crippen molar-refractivity contribution in [1.82, 2.24) is 5.32 Å². The van der Waals surface area contributed by atoms with Gasteiger partial charge in [-0.25, -0.2) is 0 Å². The van der Waals surface area contributed by atoms with Crippen LogP contribution in [-0.2, 0) is 9.59 Å². The average molecular weight is 239 g/mol. The van der Waals surface area contributed by atoms with Crippen molar-refractivity contribution in [3.63, 3.8) is 0 Å². The van der Waals surface area contributed by atoms with Gasteiger partial charge in [0.25, 0.3) is 0 Å². The van der Waals surface area contributed by atoms with E-state index in [0.717, 1.165) is 25.7 Å². The molecule has 0 heterocycles. The standard InChI is InChI=1S/C13H21NO3/c1-3-8-6-9(10(7-8)12(16)17)11(15)14-13(2)4-5-13/h8-10H,3-7H2,1-2H3,(H,14,15)(H,16,17). The third kappa shape index (κ3) is 2.61. The Hall–Kier alpha value is -1.06. The molecule has 4 nitrogen and oxygen atoms in total. The van der Waals surface area contributed by atoms with Crippen molar-refractivity contribution in [1.29, 1.82) is 0 Å². The van der Waals surface area contributed by atoms with Gasteiger partial charge in [-0.1, -0.05) is 13.3 Å². The van der Waals surface area contributed by atoms with Crippen LogP contribution in [0.1, 0.15) is 46.0 Å². The molecule has 96 valence electrons. The molecule has 3 unspecified atom stereocenters. The van der Waals surface area contributed by atoms with E-state index in [4.69, 9.17) is 0 Å². The molecule has 0 aromatic carbocycles. The molecule has 2 saturated carbocycles. The predicted molar refractivity (Wildman–Crippen MR) is 63.4 cm³/mol. The molecule has 3 atom stereocenters. The summed E-state index contributed by atoms with van der Waals surface area (Å²) < 4.78 is 0. The summed E-state index contributed by atoms with van der Waals surface area (Å²) in [6, 6.07) is 0. The lowest BCUT2D eigenvalue weighted by atomic mass is 9.95. The quantitative estimate of drug-likeness (QED) is 0.786. The Morgan fingerprint density at radius 3 is 2.35 bits per heavy atom. The van der Waals surface area contributed by atoms with Crippen LogP contribution in [-0.4, -0.2) is 22.5 Å². The summed E-state index contributed by atoms with van der Waals surface area (Å²) in [4.78, 5) is 23.3. The number of carbonyl (C=O) groups is 2. The fourth-order valence-corrected chi connectivity index (χ4v) is 2.74. The van der Waals surface area contributed by atoms with Crippen molar-refractivity contribution in [3.05, 3.63) is 0 Å². The summed E-state index contributed by atoms with van der Waals surface area (Å²) in [6.07, 6.45) is 4.38. The van der Waals surface area contributed by atoms with Gasteiger partial charge in [0.15, 0.2) is 0 Å². The average Bonchev–Trinajstić information content (AvgIpc) is 2.83. The zero-order valence-electron chi connectivity index (χ0n) is 10.5. The molecule has 4 heteroatoms. The van der Waals surface area contributed by atoms with Gasteiger partial charge in [-0.3, -0.25) is 9.59 Å². The highest BCUT2D eigenvalue weighted by Gasteiger charge is 2.46. The van der Waals surface area contributed by atoms with E-state index in [1.54, 1.807) is 0 Å². The fraction of sp³-hybridized carbons (Fsp3) is 0.846. The van der Waals surface area contributed by atoms with Gasteiger partial charge in [0.05, 0.1) is 11.8 Å². The molecule has 0 spiro atoms. The first-order valence-electron chi connectivity index (χ1n) is 6.50. The Labute approximate surface area is 102 Å². The number of rotatable bonds is 4. The van der Waals surface area contributed by atoms with E-state index in [0.29, 0.717) is 12.3 Å². The number of carboxylic acid groups (broad SMARTS) is 1. The zero-order valence-corrected chi connectivity index (χ0v) is 10.5. The molecule has 2 rings (SSSR count). The van der Waals surface area contributed by atoms with Crippen LogP contribution in [0.15, 0.2) is 0 Å². The molecule has 17 heavy (non-hydrogen) atoms. The summed E-state index contributed by atoms with van der Waals surface area (Å²) >= 11 is 0. The number of hydrogen-bond acceptors (Lipinski definition) is 2. The van der Waals surface area contributed by atoms with Gasteiger partial charge in [-0.2, -0.15) is 0 Å². The van der Waals surface area contributed by atoms with E-state index in [1.807, 2.05) is 6.92 Å². The Morgan fingerprint density at radius 2 is 1.88 bits per heavy atom. The molecule has 0 aromatic heterocycles. The minimum atomic E-state index is -0.818. The monoisotopic (exact) mass is 239 g/mol. The summed E-state index contributed by atoms with van der Waals surface area (Å²) in [6.45, 7) is 4.08. The van der Waals surface area contributed by atoms with Crippen LogP contribution in [0, 0.1) is 17.8 Å². The lowest BCUT2D eigenvalue weighted by Crippen LogP contribution is -2.41. The first-order valence-corrected chi connectivity index (χ1v) is 6.50. The lowest BCUT2D eigenvalue weighted by molar-refractivity contribution is -0.146. The highest BCUT2D eigenvalue weighted by molar-refractivity contribution is 5.86. The van der Waals surface area contributed by atoms with E-state index in [1.165, 1.54) is 0 Å². The van der Waals surface area contributed by atoms with Crippen LogP contribution in [0.4, 0.5) is 0 Å². The Kier molecular flexibility index (Phi) is 3.15. The molecule has 2 aliphatic rings. The summed E-state index contributed by atoms with van der Waals surface area (Å²) in [5.41, 5.74) is -0.0512. The molecule has 2 N–H and O–H groups in total. The van der Waals surface area contributed by atoms with Crippen LogP contribution >= 0.6 is 0 Å². The molecule has 0 aliphatic heterocycles. The normalized spacial score (nSPS) is 34.4. The van der Waals surface area contributed by atoms with E-state index >= 15 is 0 Å². The molecular formula is C13H21NO3. The first-order chi connectivity index (χ1) is 7.95. The topological polar surface area (TPSA) is 66.4 Å². The second-order valence-corrected chi connectivity index (χ2v) is 5.85. The highest BCUT2D eigenvalue weighted by Crippen LogP contribution is 2.40. The SMILES string of the molecule is CCC1CC(C(=O)O)C(C(=O)NC2(C)CC2)C1. The maximum Gasteiger partial charge on any atom is 0.307 e. The van der Waals surface area contributed by atoms with Gasteiger partial charge in [-0.05, 0) is 38.5 Å². The van der Waals surface area contributed by atoms with E-state index in [2.05, 4.69) is 12.2 Å². The Balaban J connectivity index is 2.01. The van der Waals surface area contributed by atoms with Crippen molar-refractivity contribution in [2.45, 2.75) is 51.5 Å². The largest absolute Gasteiger partial charge is 0.481 e. The van der Waals surface area contributed by atoms with Crippen LogP contribution < -0.4 is 5.32 Å². The Bertz CT molecular complexity index is 336. The van der Waals surface area contributed by atoms with Crippen LogP contribution in [0.5, 0.6) is 0 Å². The minimum absolute atomic E-state index is 0.0478. The summed E-state index contributed by atoms with van der Waals surface area (Å²) in [5, 5.41) is 12.2. The van der Waals surface area contributed by atoms with Gasteiger partial charge >= 0.3 is 5.97 Å². The van der Waals surface area contributed by atoms with E-state index in [-0.39, 0.29) is 17.4 Å². The second-order valence-electron chi connectivity index (χ2n) is 5.85. The van der Waals surface area contributed by atoms with Gasteiger partial charge in [0, 0.05) is 5.54 Å². The summed E-state index contributed by atoms with van der Waals surface area (Å²) in [5.74, 6) is -1.29. The fourth-order valence-electron chi connectivity index (χ4n) is 2.74. The highest BCUT2D eigenvalue weighted by atomic mass is 16.4. The van der Waals surface area contributed by atoms with Gasteiger partial charge in [-0.15, -0.1) is 0 Å². The van der Waals surface area contributed by atoms with Crippen molar-refractivity contribution in [2.75, 3.05) is 0 Å². The van der Waals surface area contributed by atoms with Gasteiger partial charge in [0.1, 0.15) is 0 Å². The second kappa shape index (κ2) is 4.31. The molecule has 0 aromatic rings. The molecule has 0 bridgehead atoms. The molecule has 2 fully saturated rings. The number of carbonyl (C=O) groups excluding carboxylic acids is 1. The number of aliphatic carboxylic acids is 1. The first kappa shape index (κ1) is 12.4. The maximum absolute atomic E-state index is 12.1. The number of hydrogen-bond donors (Lipinski definition) is 2. The van der Waals surface area contributed by atoms with Crippen molar-refractivity contribution in [2.24, 2.45) is 17.8 Å². The molecule has 0 saturated heterocycles. The maximum atomic E-state index is 12.1. The summed E-state index contributed by atoms with van der Waals surface area (Å²) in [7, 11) is 0. The van der Waals surface area contributed by atoms with Crippen molar-refractivity contribution >= 4 is 11.9 Å². The third-order valence-corrected chi connectivity index (χ3v) is 4.32. The third-order valence-electron chi connectivity index (χ3n) is 4.32. The predicted octanol–water partition coefficient (Wildman–Crippen LogP) is 1.79. The Morgan fingerprint density at radius 1 is 1.29 bits per heavy atom. The smallest absolute Gasteiger partial charge is 0.307 e. The van der Waals surface area contributed by atoms with E-state index < -0.39 is 11.9 Å². The number of amides is 1. The van der Waals surface area contributed by atoms with Crippen molar-refractivity contribution in [3.8, 4) is 0 Å². The van der Waals surface area contributed by atoms with Gasteiger partial charge in [0.2, 0.25) is 5.91 Å². The van der Waals surface area contributed by atoms with Crippen molar-refractivity contribution < 1.29 is 14.7 Å². The number of nitrogens with one attached hydrogen (secondary N) is 1. The minimum Gasteiger partial charge on any atom is -0.481 e.